The highest BCUT2D eigenvalue weighted by atomic mass is 16.5. The van der Waals surface area contributed by atoms with Crippen LogP contribution in [0.5, 0.6) is 11.6 Å². The van der Waals surface area contributed by atoms with Crippen LogP contribution in [0.15, 0.2) is 36.4 Å². The van der Waals surface area contributed by atoms with Gasteiger partial charge in [-0.2, -0.15) is 0 Å². The van der Waals surface area contributed by atoms with Gasteiger partial charge in [0.25, 0.3) is 0 Å². The summed E-state index contributed by atoms with van der Waals surface area (Å²) in [5.74, 6) is 1.53. The monoisotopic (exact) mass is 256 g/mol. The number of aryl methyl sites for hydroxylation is 2. The number of ether oxygens (including phenoxy) is 1. The van der Waals surface area contributed by atoms with Crippen molar-refractivity contribution in [2.24, 2.45) is 0 Å². The Morgan fingerprint density at radius 2 is 2.00 bits per heavy atom. The van der Waals surface area contributed by atoms with Crippen molar-refractivity contribution >= 4 is 0 Å². The van der Waals surface area contributed by atoms with Gasteiger partial charge in [-0.15, -0.1) is 0 Å². The summed E-state index contributed by atoms with van der Waals surface area (Å²) in [7, 11) is 1.94. The summed E-state index contributed by atoms with van der Waals surface area (Å²) < 4.78 is 5.90. The molecular formula is C16H20N2O. The lowest BCUT2D eigenvalue weighted by Crippen LogP contribution is -2.06. The van der Waals surface area contributed by atoms with E-state index in [1.807, 2.05) is 44.3 Å². The van der Waals surface area contributed by atoms with Crippen molar-refractivity contribution < 1.29 is 4.74 Å². The summed E-state index contributed by atoms with van der Waals surface area (Å²) in [5.41, 5.74) is 3.36. The van der Waals surface area contributed by atoms with Crippen LogP contribution in [0.4, 0.5) is 0 Å². The molecule has 0 aliphatic rings. The van der Waals surface area contributed by atoms with Crippen LogP contribution in [0.25, 0.3) is 0 Å². The lowest BCUT2D eigenvalue weighted by molar-refractivity contribution is 0.456. The van der Waals surface area contributed by atoms with E-state index < -0.39 is 0 Å². The van der Waals surface area contributed by atoms with Crippen molar-refractivity contribution in [2.75, 3.05) is 7.05 Å². The van der Waals surface area contributed by atoms with Crippen molar-refractivity contribution in [3.63, 3.8) is 0 Å². The normalized spacial score (nSPS) is 10.5. The molecule has 0 aliphatic carbocycles. The second kappa shape index (κ2) is 6.34. The van der Waals surface area contributed by atoms with Crippen molar-refractivity contribution in [3.8, 4) is 11.6 Å². The van der Waals surface area contributed by atoms with Crippen LogP contribution in [0.3, 0.4) is 0 Å². The first-order chi connectivity index (χ1) is 9.22. The van der Waals surface area contributed by atoms with E-state index in [2.05, 4.69) is 23.3 Å². The molecule has 0 fully saturated rings. The quantitative estimate of drug-likeness (QED) is 0.889. The molecule has 0 bridgehead atoms. The van der Waals surface area contributed by atoms with E-state index >= 15 is 0 Å². The molecule has 0 unspecified atom stereocenters. The number of nitrogens with one attached hydrogen (secondary N) is 1. The molecule has 1 N–H and O–H groups in total. The van der Waals surface area contributed by atoms with Gasteiger partial charge in [-0.3, -0.25) is 0 Å². The second-order valence-corrected chi connectivity index (χ2v) is 4.56. The Hall–Kier alpha value is -1.87. The van der Waals surface area contributed by atoms with Crippen LogP contribution in [0, 0.1) is 6.92 Å². The van der Waals surface area contributed by atoms with Gasteiger partial charge < -0.3 is 10.1 Å². The average molecular weight is 256 g/mol. The molecule has 0 aliphatic heterocycles. The molecule has 3 heteroatoms. The fraction of sp³-hybridized carbons (Fsp3) is 0.312. The minimum absolute atomic E-state index is 0.666. The van der Waals surface area contributed by atoms with E-state index in [9.17, 15) is 0 Å². The van der Waals surface area contributed by atoms with Crippen LogP contribution in [-0.4, -0.2) is 12.0 Å². The fourth-order valence-electron chi connectivity index (χ4n) is 1.94. The molecule has 3 nitrogen and oxygen atoms in total. The number of hydrogen-bond acceptors (Lipinski definition) is 3. The third-order valence-electron chi connectivity index (χ3n) is 2.97. The van der Waals surface area contributed by atoms with E-state index in [4.69, 9.17) is 4.74 Å². The molecule has 1 aromatic heterocycles. The van der Waals surface area contributed by atoms with Crippen LogP contribution < -0.4 is 10.1 Å². The summed E-state index contributed by atoms with van der Waals surface area (Å²) in [6.07, 6.45) is 0.904. The Labute approximate surface area is 114 Å². The smallest absolute Gasteiger partial charge is 0.219 e. The molecule has 0 amide bonds. The highest BCUT2D eigenvalue weighted by Crippen LogP contribution is 2.24. The van der Waals surface area contributed by atoms with Crippen molar-refractivity contribution in [2.45, 2.75) is 26.8 Å². The molecule has 0 spiro atoms. The first kappa shape index (κ1) is 13.6. The second-order valence-electron chi connectivity index (χ2n) is 4.56. The first-order valence-electron chi connectivity index (χ1n) is 6.61. The maximum atomic E-state index is 5.90. The SMILES string of the molecule is CCc1cc(CNC)cc(Oc2ccccc2C)n1. The number of aromatic nitrogens is 1. The van der Waals surface area contributed by atoms with Gasteiger partial charge in [-0.25, -0.2) is 4.98 Å². The van der Waals surface area contributed by atoms with Gasteiger partial charge in [0.1, 0.15) is 5.75 Å². The van der Waals surface area contributed by atoms with E-state index in [1.165, 1.54) is 5.56 Å². The Bertz CT molecular complexity index is 552. The summed E-state index contributed by atoms with van der Waals surface area (Å²) in [6.45, 7) is 4.95. The third-order valence-corrected chi connectivity index (χ3v) is 2.97. The maximum Gasteiger partial charge on any atom is 0.219 e. The Morgan fingerprint density at radius 1 is 1.21 bits per heavy atom. The number of rotatable bonds is 5. The summed E-state index contributed by atoms with van der Waals surface area (Å²) >= 11 is 0. The number of nitrogens with zero attached hydrogens (tertiary/aromatic N) is 1. The van der Waals surface area contributed by atoms with E-state index in [0.717, 1.165) is 30.0 Å². The van der Waals surface area contributed by atoms with Gasteiger partial charge in [-0.05, 0) is 43.7 Å². The molecule has 0 atom stereocenters. The van der Waals surface area contributed by atoms with Gasteiger partial charge in [0, 0.05) is 18.3 Å². The molecule has 0 saturated carbocycles. The highest BCUT2D eigenvalue weighted by molar-refractivity contribution is 5.36. The van der Waals surface area contributed by atoms with Crippen molar-refractivity contribution in [1.82, 2.24) is 10.3 Å². The Kier molecular flexibility index (Phi) is 4.53. The molecular weight excluding hydrogens is 236 g/mol. The zero-order valence-corrected chi connectivity index (χ0v) is 11.7. The first-order valence-corrected chi connectivity index (χ1v) is 6.61. The zero-order chi connectivity index (χ0) is 13.7. The van der Waals surface area contributed by atoms with Crippen LogP contribution >= 0.6 is 0 Å². The topological polar surface area (TPSA) is 34.1 Å². The summed E-state index contributed by atoms with van der Waals surface area (Å²) in [4.78, 5) is 4.52. The van der Waals surface area contributed by atoms with Crippen LogP contribution in [-0.2, 0) is 13.0 Å². The minimum atomic E-state index is 0.666. The lowest BCUT2D eigenvalue weighted by atomic mass is 10.2. The van der Waals surface area contributed by atoms with E-state index in [-0.39, 0.29) is 0 Å². The van der Waals surface area contributed by atoms with Crippen molar-refractivity contribution in [3.05, 3.63) is 53.2 Å². The predicted molar refractivity (Wildman–Crippen MR) is 77.6 cm³/mol. The Balaban J connectivity index is 2.29. The van der Waals surface area contributed by atoms with Gasteiger partial charge in [0.05, 0.1) is 0 Å². The Morgan fingerprint density at radius 3 is 2.68 bits per heavy atom. The van der Waals surface area contributed by atoms with Crippen LogP contribution in [0.2, 0.25) is 0 Å². The molecule has 2 aromatic rings. The molecule has 1 aromatic carbocycles. The number of hydrogen-bond donors (Lipinski definition) is 1. The summed E-state index contributed by atoms with van der Waals surface area (Å²) in [6, 6.07) is 12.1. The van der Waals surface area contributed by atoms with Gasteiger partial charge >= 0.3 is 0 Å². The largest absolute Gasteiger partial charge is 0.439 e. The third kappa shape index (κ3) is 3.55. The summed E-state index contributed by atoms with van der Waals surface area (Å²) in [5, 5.41) is 3.15. The van der Waals surface area contributed by atoms with Crippen LogP contribution in [0.1, 0.15) is 23.7 Å². The van der Waals surface area contributed by atoms with Gasteiger partial charge in [0.2, 0.25) is 5.88 Å². The maximum absolute atomic E-state index is 5.90. The minimum Gasteiger partial charge on any atom is -0.439 e. The highest BCUT2D eigenvalue weighted by Gasteiger charge is 2.05. The number of pyridine rings is 1. The lowest BCUT2D eigenvalue weighted by Gasteiger charge is -2.10. The predicted octanol–water partition coefficient (Wildman–Crippen LogP) is 3.46. The average Bonchev–Trinajstić information content (AvgIpc) is 2.41. The van der Waals surface area contributed by atoms with Crippen molar-refractivity contribution in [1.29, 1.82) is 0 Å². The van der Waals surface area contributed by atoms with Gasteiger partial charge in [-0.1, -0.05) is 25.1 Å². The zero-order valence-electron chi connectivity index (χ0n) is 11.7. The number of benzene rings is 1. The molecule has 0 saturated heterocycles. The van der Waals surface area contributed by atoms with Gasteiger partial charge in [0.15, 0.2) is 0 Å². The molecule has 19 heavy (non-hydrogen) atoms. The molecule has 2 rings (SSSR count). The fourth-order valence-corrected chi connectivity index (χ4v) is 1.94. The standard InChI is InChI=1S/C16H20N2O/c1-4-14-9-13(11-17-3)10-16(18-14)19-15-8-6-5-7-12(15)2/h5-10,17H,4,11H2,1-3H3. The molecule has 1 heterocycles. The van der Waals surface area contributed by atoms with E-state index in [1.54, 1.807) is 0 Å². The number of para-hydroxylation sites is 1. The van der Waals surface area contributed by atoms with E-state index in [0.29, 0.717) is 5.88 Å². The molecule has 100 valence electrons. The molecule has 0 radical (unpaired) electrons.